The van der Waals surface area contributed by atoms with Gasteiger partial charge in [0.15, 0.2) is 0 Å². The number of hydrogen-bond acceptors (Lipinski definition) is 3. The Labute approximate surface area is 126 Å². The van der Waals surface area contributed by atoms with Crippen molar-refractivity contribution in [3.05, 3.63) is 59.4 Å². The minimum Gasteiger partial charge on any atom is -0.481 e. The number of benzene rings is 1. The Balaban J connectivity index is 2.28. The molecule has 21 heavy (non-hydrogen) atoms. The minimum absolute atomic E-state index is 0.0841. The molecule has 1 aromatic heterocycles. The summed E-state index contributed by atoms with van der Waals surface area (Å²) in [6.45, 7) is 0.0841. The molecule has 6 heteroatoms. The van der Waals surface area contributed by atoms with Crippen molar-refractivity contribution in [1.82, 2.24) is 4.98 Å². The molecule has 0 radical (unpaired) electrons. The number of amides is 1. The minimum atomic E-state index is -0.960. The molecule has 0 bridgehead atoms. The maximum Gasteiger partial charge on any atom is 0.305 e. The van der Waals surface area contributed by atoms with E-state index in [2.05, 4.69) is 4.98 Å². The number of anilines is 1. The van der Waals surface area contributed by atoms with Crippen molar-refractivity contribution in [2.24, 2.45) is 0 Å². The maximum absolute atomic E-state index is 12.5. The molecule has 0 aliphatic heterocycles. The summed E-state index contributed by atoms with van der Waals surface area (Å²) in [7, 11) is 0. The standard InChI is InChI=1S/C15H13ClN2O3/c16-13-7-6-11(10-17-13)15(21)18(9-8-14(19)20)12-4-2-1-3-5-12/h1-7,10H,8-9H2,(H,19,20). The van der Waals surface area contributed by atoms with Gasteiger partial charge in [-0.1, -0.05) is 29.8 Å². The van der Waals surface area contributed by atoms with E-state index in [4.69, 9.17) is 16.7 Å². The van der Waals surface area contributed by atoms with Gasteiger partial charge in [-0.15, -0.1) is 0 Å². The van der Waals surface area contributed by atoms with E-state index in [-0.39, 0.29) is 18.9 Å². The Hall–Kier alpha value is -2.40. The molecule has 1 heterocycles. The average molecular weight is 305 g/mol. The van der Waals surface area contributed by atoms with Crippen LogP contribution in [0.5, 0.6) is 0 Å². The summed E-state index contributed by atoms with van der Waals surface area (Å²) in [6, 6.07) is 12.0. The monoisotopic (exact) mass is 304 g/mol. The highest BCUT2D eigenvalue weighted by molar-refractivity contribution is 6.29. The van der Waals surface area contributed by atoms with E-state index in [1.54, 1.807) is 30.3 Å². The van der Waals surface area contributed by atoms with Gasteiger partial charge < -0.3 is 10.0 Å². The Bertz CT molecular complexity index is 629. The molecule has 108 valence electrons. The smallest absolute Gasteiger partial charge is 0.305 e. The third kappa shape index (κ3) is 4.03. The lowest BCUT2D eigenvalue weighted by atomic mass is 10.2. The first kappa shape index (κ1) is 15.0. The number of nitrogens with zero attached hydrogens (tertiary/aromatic N) is 2. The molecule has 1 amide bonds. The molecule has 0 fully saturated rings. The second-order valence-corrected chi connectivity index (χ2v) is 4.69. The zero-order valence-corrected chi connectivity index (χ0v) is 11.8. The Kier molecular flexibility index (Phi) is 4.90. The van der Waals surface area contributed by atoms with Crippen LogP contribution in [0.2, 0.25) is 5.15 Å². The van der Waals surface area contributed by atoms with Crippen molar-refractivity contribution in [3.63, 3.8) is 0 Å². The van der Waals surface area contributed by atoms with E-state index in [0.29, 0.717) is 16.4 Å². The molecule has 0 spiro atoms. The van der Waals surface area contributed by atoms with Crippen LogP contribution in [0.25, 0.3) is 0 Å². The molecule has 2 rings (SSSR count). The summed E-state index contributed by atoms with van der Waals surface area (Å²) >= 11 is 5.70. The highest BCUT2D eigenvalue weighted by atomic mass is 35.5. The number of rotatable bonds is 5. The number of pyridine rings is 1. The van der Waals surface area contributed by atoms with Gasteiger partial charge in [0.1, 0.15) is 5.15 Å². The molecular weight excluding hydrogens is 292 g/mol. The number of hydrogen-bond donors (Lipinski definition) is 1. The number of carboxylic acid groups (broad SMARTS) is 1. The van der Waals surface area contributed by atoms with Gasteiger partial charge in [0.2, 0.25) is 0 Å². The van der Waals surface area contributed by atoms with Crippen LogP contribution in [0.3, 0.4) is 0 Å². The fourth-order valence-electron chi connectivity index (χ4n) is 1.82. The van der Waals surface area contributed by atoms with Gasteiger partial charge in [-0.25, -0.2) is 4.98 Å². The summed E-state index contributed by atoms with van der Waals surface area (Å²) < 4.78 is 0. The fraction of sp³-hybridized carbons (Fsp3) is 0.133. The van der Waals surface area contributed by atoms with Crippen LogP contribution < -0.4 is 4.90 Å². The number of aromatic nitrogens is 1. The van der Waals surface area contributed by atoms with Gasteiger partial charge in [0, 0.05) is 18.4 Å². The Morgan fingerprint density at radius 1 is 1.14 bits per heavy atom. The van der Waals surface area contributed by atoms with Crippen molar-refractivity contribution in [2.45, 2.75) is 6.42 Å². The van der Waals surface area contributed by atoms with E-state index >= 15 is 0 Å². The molecule has 5 nitrogen and oxygen atoms in total. The van der Waals surface area contributed by atoms with Crippen molar-refractivity contribution < 1.29 is 14.7 Å². The van der Waals surface area contributed by atoms with Gasteiger partial charge in [0.05, 0.1) is 12.0 Å². The predicted molar refractivity (Wildman–Crippen MR) is 79.6 cm³/mol. The van der Waals surface area contributed by atoms with Crippen LogP contribution in [0.15, 0.2) is 48.7 Å². The molecule has 0 aliphatic carbocycles. The van der Waals surface area contributed by atoms with Crippen LogP contribution >= 0.6 is 11.6 Å². The SMILES string of the molecule is O=C(O)CCN(C(=O)c1ccc(Cl)nc1)c1ccccc1. The van der Waals surface area contributed by atoms with Gasteiger partial charge in [-0.2, -0.15) is 0 Å². The lowest BCUT2D eigenvalue weighted by Gasteiger charge is -2.22. The fourth-order valence-corrected chi connectivity index (χ4v) is 1.93. The average Bonchev–Trinajstić information content (AvgIpc) is 2.49. The third-order valence-electron chi connectivity index (χ3n) is 2.84. The summed E-state index contributed by atoms with van der Waals surface area (Å²) in [5.74, 6) is -1.27. The first-order valence-electron chi connectivity index (χ1n) is 6.28. The second kappa shape index (κ2) is 6.85. The van der Waals surface area contributed by atoms with E-state index in [1.807, 2.05) is 6.07 Å². The zero-order valence-electron chi connectivity index (χ0n) is 11.1. The lowest BCUT2D eigenvalue weighted by molar-refractivity contribution is -0.136. The summed E-state index contributed by atoms with van der Waals surface area (Å²) in [5, 5.41) is 9.13. The van der Waals surface area contributed by atoms with Gasteiger partial charge in [-0.05, 0) is 24.3 Å². The zero-order chi connectivity index (χ0) is 15.2. The van der Waals surface area contributed by atoms with E-state index in [9.17, 15) is 9.59 Å². The first-order valence-corrected chi connectivity index (χ1v) is 6.66. The first-order chi connectivity index (χ1) is 10.1. The maximum atomic E-state index is 12.5. The number of aliphatic carboxylic acids is 1. The number of carbonyl (C=O) groups is 2. The number of carboxylic acids is 1. The lowest BCUT2D eigenvalue weighted by Crippen LogP contribution is -2.33. The normalized spacial score (nSPS) is 10.1. The number of para-hydroxylation sites is 1. The van der Waals surface area contributed by atoms with Crippen LogP contribution in [0.4, 0.5) is 5.69 Å². The predicted octanol–water partition coefficient (Wildman–Crippen LogP) is 2.86. The molecule has 0 saturated carbocycles. The van der Waals surface area contributed by atoms with Crippen LogP contribution in [0, 0.1) is 0 Å². The Morgan fingerprint density at radius 3 is 2.43 bits per heavy atom. The largest absolute Gasteiger partial charge is 0.481 e. The highest BCUT2D eigenvalue weighted by Crippen LogP contribution is 2.17. The van der Waals surface area contributed by atoms with Gasteiger partial charge >= 0.3 is 5.97 Å². The third-order valence-corrected chi connectivity index (χ3v) is 3.06. The van der Waals surface area contributed by atoms with Crippen molar-refractivity contribution >= 4 is 29.2 Å². The highest BCUT2D eigenvalue weighted by Gasteiger charge is 2.18. The Morgan fingerprint density at radius 2 is 1.86 bits per heavy atom. The van der Waals surface area contributed by atoms with Crippen molar-refractivity contribution in [2.75, 3.05) is 11.4 Å². The van der Waals surface area contributed by atoms with E-state index in [1.165, 1.54) is 17.2 Å². The number of halogens is 1. The number of carbonyl (C=O) groups excluding carboxylic acids is 1. The van der Waals surface area contributed by atoms with E-state index < -0.39 is 5.97 Å². The summed E-state index contributed by atoms with van der Waals surface area (Å²) in [4.78, 5) is 28.6. The second-order valence-electron chi connectivity index (χ2n) is 4.31. The van der Waals surface area contributed by atoms with Crippen LogP contribution in [-0.4, -0.2) is 28.5 Å². The van der Waals surface area contributed by atoms with Crippen LogP contribution in [0.1, 0.15) is 16.8 Å². The quantitative estimate of drug-likeness (QED) is 0.862. The molecule has 0 unspecified atom stereocenters. The molecular formula is C15H13ClN2O3. The molecule has 2 aromatic rings. The van der Waals surface area contributed by atoms with Gasteiger partial charge in [-0.3, -0.25) is 9.59 Å². The molecule has 0 aliphatic rings. The van der Waals surface area contributed by atoms with E-state index in [0.717, 1.165) is 0 Å². The molecule has 1 aromatic carbocycles. The molecule has 1 N–H and O–H groups in total. The van der Waals surface area contributed by atoms with Crippen molar-refractivity contribution in [1.29, 1.82) is 0 Å². The van der Waals surface area contributed by atoms with Gasteiger partial charge in [0.25, 0.3) is 5.91 Å². The van der Waals surface area contributed by atoms with Crippen molar-refractivity contribution in [3.8, 4) is 0 Å². The molecule has 0 saturated heterocycles. The van der Waals surface area contributed by atoms with Crippen LogP contribution in [-0.2, 0) is 4.79 Å². The summed E-state index contributed by atoms with van der Waals surface area (Å²) in [5.41, 5.74) is 0.993. The topological polar surface area (TPSA) is 70.5 Å². The molecule has 0 atom stereocenters. The summed E-state index contributed by atoms with van der Waals surface area (Å²) in [6.07, 6.45) is 1.24.